The number of nitrogens with zero attached hydrogens (tertiary/aromatic N) is 9. The van der Waals surface area contributed by atoms with E-state index in [1.54, 1.807) is 62.0 Å². The number of nitro benzene ring substituents is 1. The Hall–Kier alpha value is -15.6. The van der Waals surface area contributed by atoms with Crippen molar-refractivity contribution in [2.24, 2.45) is 0 Å². The van der Waals surface area contributed by atoms with Gasteiger partial charge in [-0.1, -0.05) is 48.5 Å². The molecular formula is C73H52F4N22O9. The van der Waals surface area contributed by atoms with E-state index in [9.17, 15) is 46.9 Å². The van der Waals surface area contributed by atoms with Crippen LogP contribution in [0.5, 0.6) is 17.2 Å². The molecule has 31 nitrogen and oxygen atoms in total. The lowest BCUT2D eigenvalue weighted by Gasteiger charge is -2.20. The predicted molar refractivity (Wildman–Crippen MR) is 388 cm³/mol. The van der Waals surface area contributed by atoms with E-state index in [4.69, 9.17) is 14.2 Å². The van der Waals surface area contributed by atoms with E-state index in [0.717, 1.165) is 68.8 Å². The summed E-state index contributed by atoms with van der Waals surface area (Å²) in [4.78, 5) is 93.9. The second-order valence-corrected chi connectivity index (χ2v) is 23.4. The fraction of sp³-hybridized carbons (Fsp3) is 0.0411. The summed E-state index contributed by atoms with van der Waals surface area (Å²) >= 11 is 0. The number of para-hydroxylation sites is 5. The van der Waals surface area contributed by atoms with Gasteiger partial charge in [-0.05, 0) is 97.1 Å². The van der Waals surface area contributed by atoms with Crippen molar-refractivity contribution < 1.29 is 55.9 Å². The van der Waals surface area contributed by atoms with Crippen LogP contribution in [0.3, 0.4) is 0 Å². The minimum Gasteiger partial charge on any atom is -0.497 e. The summed E-state index contributed by atoms with van der Waals surface area (Å²) < 4.78 is 71.5. The third-order valence-corrected chi connectivity index (χ3v) is 16.7. The van der Waals surface area contributed by atoms with Crippen LogP contribution < -0.4 is 35.5 Å². The van der Waals surface area contributed by atoms with Crippen molar-refractivity contribution in [3.8, 4) is 63.3 Å². The van der Waals surface area contributed by atoms with Crippen LogP contribution in [0.15, 0.2) is 195 Å². The zero-order chi connectivity index (χ0) is 74.5. The summed E-state index contributed by atoms with van der Waals surface area (Å²) in [5.74, 6) is -2.80. The van der Waals surface area contributed by atoms with Gasteiger partial charge in [-0.15, -0.1) is 0 Å². The van der Waals surface area contributed by atoms with E-state index in [-0.39, 0.29) is 40.4 Å². The molecule has 0 atom stereocenters. The van der Waals surface area contributed by atoms with Crippen molar-refractivity contribution in [3.63, 3.8) is 0 Å². The van der Waals surface area contributed by atoms with Crippen molar-refractivity contribution in [1.29, 1.82) is 0 Å². The van der Waals surface area contributed by atoms with Gasteiger partial charge in [0, 0.05) is 40.9 Å². The highest BCUT2D eigenvalue weighted by Gasteiger charge is 2.26. The molecule has 0 fully saturated rings. The number of hydrogen-bond donors (Lipinski definition) is 13. The number of non-ortho nitro benzene ring substituents is 1. The Bertz CT molecular complexity index is 6180. The lowest BCUT2D eigenvalue weighted by Crippen LogP contribution is -2.20. The average molecular weight is 1460 g/mol. The first-order valence-corrected chi connectivity index (χ1v) is 32.4. The number of aromatic nitrogens is 17. The molecule has 10 heterocycles. The maximum Gasteiger partial charge on any atom is 0.271 e. The molecule has 13 N–H and O–H groups in total. The molecule has 0 saturated carbocycles. The second-order valence-electron chi connectivity index (χ2n) is 23.4. The van der Waals surface area contributed by atoms with E-state index >= 15 is 0 Å². The van der Waals surface area contributed by atoms with Crippen LogP contribution in [-0.4, -0.2) is 135 Å². The summed E-state index contributed by atoms with van der Waals surface area (Å²) in [6.45, 7) is 0.878. The predicted octanol–water partition coefficient (Wildman–Crippen LogP) is 13.5. The normalized spacial score (nSPS) is 11.5. The number of rotatable bonds is 14. The first-order chi connectivity index (χ1) is 52.6. The lowest BCUT2D eigenvalue weighted by molar-refractivity contribution is -0.384. The first-order valence-electron chi connectivity index (χ1n) is 32.4. The molecule has 0 radical (unpaired) electrons. The molecule has 17 aromatic rings. The number of amides is 4. The molecule has 35 heteroatoms. The highest BCUT2D eigenvalue weighted by Crippen LogP contribution is 2.36. The van der Waals surface area contributed by atoms with E-state index in [2.05, 4.69) is 107 Å². The van der Waals surface area contributed by atoms with Crippen LogP contribution in [0.25, 0.3) is 101 Å². The third-order valence-electron chi connectivity index (χ3n) is 16.7. The molecular weight excluding hydrogens is 1400 g/mol. The minimum absolute atomic E-state index is 0.115. The van der Waals surface area contributed by atoms with Crippen LogP contribution in [0.1, 0.15) is 41.4 Å². The quantitative estimate of drug-likeness (QED) is 0.0273. The number of H-pyrrole nitrogens is 9. The van der Waals surface area contributed by atoms with Crippen molar-refractivity contribution in [1.82, 2.24) is 85.6 Å². The molecule has 0 aliphatic carbocycles. The third kappa shape index (κ3) is 14.0. The average Bonchev–Trinajstić information content (AvgIpc) is 1.61. The lowest BCUT2D eigenvalue weighted by atomic mass is 10.1. The number of methoxy groups -OCH3 is 1. The van der Waals surface area contributed by atoms with Gasteiger partial charge in [0.2, 0.25) is 0 Å². The zero-order valence-electron chi connectivity index (χ0n) is 55.6. The smallest absolute Gasteiger partial charge is 0.271 e. The maximum atomic E-state index is 13.8. The minimum atomic E-state index is -1.00. The Kier molecular flexibility index (Phi) is 18.6. The van der Waals surface area contributed by atoms with Gasteiger partial charge in [0.15, 0.2) is 34.8 Å². The summed E-state index contributed by atoms with van der Waals surface area (Å²) in [6, 6.07) is 43.9. The number of benzene rings is 8. The van der Waals surface area contributed by atoms with Crippen LogP contribution in [0, 0.1) is 33.4 Å². The molecule has 9 aromatic heterocycles. The number of imidazole rings is 4. The number of carbonyl (C=O) groups is 4. The second kappa shape index (κ2) is 29.4. The molecule has 1 aliphatic heterocycles. The molecule has 18 rings (SSSR count). The standard InChI is InChI=1S/C19H14N6O.C19H15N5O3.C18H13F2N5O2.C17H10F2N6O3/c26-19(12-4-3-7-13-11(12)8-9-20-13)24-16-10-21-25-17(16)18-22-14-5-1-2-6-15(14)23-18;25-19(11-4-3-7-15-17(11)27-9-8-26-15)23-14-10-20-24-16(14)18-21-12-5-1-2-6-13(12)22-18;1-27-9-5-6-12-13(7-9)23-17(22-12)16-14(8-21-25-16)24-18(26)15-10(19)3-2-4-11(15)20;18-9-2-1-3-10(19)14(9)17(26)23-13-7-20-24-15(13)16-21-11-5-4-8(25(27)28)6-12(11)22-16/h1-10,20H,(H,21,25)(H,22,23)(H,24,26);1-7,10H,8-9H2,(H,20,24)(H,21,22)(H,23,25);2-8H,1H3,(H,21,25)(H,22,23)(H,24,26);1-7H,(H,20,24)(H,21,22)(H,23,26). The van der Waals surface area contributed by atoms with Crippen LogP contribution >= 0.6 is 0 Å². The summed E-state index contributed by atoms with van der Waals surface area (Å²) in [5, 5.41) is 49.3. The topological polar surface area (TPSA) is 432 Å². The van der Waals surface area contributed by atoms with E-state index < -0.39 is 51.1 Å². The number of ether oxygens (including phenoxy) is 3. The van der Waals surface area contributed by atoms with Crippen LogP contribution in [0.2, 0.25) is 0 Å². The Morgan fingerprint density at radius 2 is 0.852 bits per heavy atom. The fourth-order valence-corrected chi connectivity index (χ4v) is 11.6. The van der Waals surface area contributed by atoms with Gasteiger partial charge in [0.1, 0.15) is 76.1 Å². The molecule has 0 spiro atoms. The molecule has 1 aliphatic rings. The monoisotopic (exact) mass is 1460 g/mol. The number of nitro groups is 1. The van der Waals surface area contributed by atoms with Gasteiger partial charge in [-0.2, -0.15) is 20.4 Å². The summed E-state index contributed by atoms with van der Waals surface area (Å²) in [7, 11) is 1.56. The Morgan fingerprint density at radius 3 is 1.34 bits per heavy atom. The Labute approximate surface area is 601 Å². The van der Waals surface area contributed by atoms with Gasteiger partial charge in [0.05, 0.1) is 109 Å². The largest absolute Gasteiger partial charge is 0.497 e. The number of aromatic amines is 9. The first kappa shape index (κ1) is 68.2. The van der Waals surface area contributed by atoms with Gasteiger partial charge < -0.3 is 60.4 Å². The number of fused-ring (bicyclic) bond motifs is 6. The molecule has 8 aromatic carbocycles. The Balaban J connectivity index is 0.000000115. The highest BCUT2D eigenvalue weighted by atomic mass is 19.1. The molecule has 0 bridgehead atoms. The highest BCUT2D eigenvalue weighted by molar-refractivity contribution is 6.14. The molecule has 4 amide bonds. The van der Waals surface area contributed by atoms with Crippen molar-refractivity contribution >= 4 is 107 Å². The van der Waals surface area contributed by atoms with E-state index in [1.165, 1.54) is 36.7 Å². The number of carbonyl (C=O) groups excluding carboxylic acids is 4. The van der Waals surface area contributed by atoms with Crippen LogP contribution in [-0.2, 0) is 0 Å². The van der Waals surface area contributed by atoms with Gasteiger partial charge >= 0.3 is 0 Å². The van der Waals surface area contributed by atoms with E-state index in [0.29, 0.717) is 104 Å². The summed E-state index contributed by atoms with van der Waals surface area (Å²) in [6.07, 6.45) is 7.53. The molecule has 536 valence electrons. The summed E-state index contributed by atoms with van der Waals surface area (Å²) in [5.41, 5.74) is 9.47. The van der Waals surface area contributed by atoms with Gasteiger partial charge in [-0.3, -0.25) is 49.7 Å². The maximum absolute atomic E-state index is 13.8. The van der Waals surface area contributed by atoms with Gasteiger partial charge in [-0.25, -0.2) is 37.5 Å². The number of hydrogen-bond acceptors (Lipinski definition) is 17. The zero-order valence-corrected chi connectivity index (χ0v) is 55.6. The SMILES string of the molecule is COc1ccc2nc(-c3[nH]ncc3NC(=O)c3c(F)cccc3F)[nH]c2c1.O=C(Nc1cn[nH]c1-c1nc2ccc([N+](=O)[O-])cc2[nH]1)c1c(F)cccc1F.O=C(Nc1cn[nH]c1-c1nc2ccccc2[nH]1)c1cccc2[nH]ccc12.O=C(Nc1cn[nH]c1-c1nc2ccccc2[nH]1)c1cccc2c1OCCO2. The molecule has 108 heavy (non-hydrogen) atoms. The number of nitrogens with one attached hydrogen (secondary N) is 13. The Morgan fingerprint density at radius 1 is 0.444 bits per heavy atom. The van der Waals surface area contributed by atoms with Crippen LogP contribution in [0.4, 0.5) is 46.0 Å². The van der Waals surface area contributed by atoms with Gasteiger partial charge in [0.25, 0.3) is 29.3 Å². The van der Waals surface area contributed by atoms with Crippen molar-refractivity contribution in [3.05, 3.63) is 250 Å². The fourth-order valence-electron chi connectivity index (χ4n) is 11.6. The number of halogens is 4. The van der Waals surface area contributed by atoms with E-state index in [1.807, 2.05) is 72.9 Å². The van der Waals surface area contributed by atoms with Crippen molar-refractivity contribution in [2.75, 3.05) is 41.6 Å². The number of anilines is 4. The van der Waals surface area contributed by atoms with Crippen molar-refractivity contribution in [2.45, 2.75) is 0 Å². The molecule has 0 saturated heterocycles. The molecule has 0 unspecified atom stereocenters.